The van der Waals surface area contributed by atoms with Crippen LogP contribution in [0.1, 0.15) is 31.7 Å². The molecule has 1 aromatic carbocycles. The van der Waals surface area contributed by atoms with E-state index in [1.165, 1.54) is 24.8 Å². The molecule has 1 aliphatic rings. The van der Waals surface area contributed by atoms with Crippen LogP contribution in [0.15, 0.2) is 18.2 Å². The summed E-state index contributed by atoms with van der Waals surface area (Å²) in [7, 11) is 3.35. The molecule has 19 heavy (non-hydrogen) atoms. The van der Waals surface area contributed by atoms with Gasteiger partial charge in [-0.1, -0.05) is 13.0 Å². The first-order valence-corrected chi connectivity index (χ1v) is 7.22. The van der Waals surface area contributed by atoms with E-state index in [2.05, 4.69) is 24.4 Å². The van der Waals surface area contributed by atoms with Crippen LogP contribution in [0.5, 0.6) is 11.5 Å². The Balaban J connectivity index is 1.85. The third-order valence-corrected chi connectivity index (χ3v) is 3.90. The molecule has 0 radical (unpaired) electrons. The highest BCUT2D eigenvalue weighted by atomic mass is 16.5. The van der Waals surface area contributed by atoms with Crippen LogP contribution in [0.3, 0.4) is 0 Å². The lowest BCUT2D eigenvalue weighted by atomic mass is 10.1. The van der Waals surface area contributed by atoms with Gasteiger partial charge in [-0.2, -0.15) is 0 Å². The maximum atomic E-state index is 5.33. The SMILES string of the molecule is CCC(NCCc1ccc(OC)c(OC)c1)C1CC1. The minimum Gasteiger partial charge on any atom is -0.493 e. The van der Waals surface area contributed by atoms with Crippen molar-refractivity contribution in [1.29, 1.82) is 0 Å². The van der Waals surface area contributed by atoms with Gasteiger partial charge in [-0.05, 0) is 55.8 Å². The highest BCUT2D eigenvalue weighted by molar-refractivity contribution is 5.42. The monoisotopic (exact) mass is 263 g/mol. The molecule has 3 nitrogen and oxygen atoms in total. The van der Waals surface area contributed by atoms with Crippen molar-refractivity contribution >= 4 is 0 Å². The summed E-state index contributed by atoms with van der Waals surface area (Å²) in [6.45, 7) is 3.30. The van der Waals surface area contributed by atoms with Gasteiger partial charge < -0.3 is 14.8 Å². The molecule has 0 spiro atoms. The predicted octanol–water partition coefficient (Wildman–Crippen LogP) is 3.02. The Morgan fingerprint density at radius 3 is 2.53 bits per heavy atom. The van der Waals surface area contributed by atoms with Crippen molar-refractivity contribution in [3.05, 3.63) is 23.8 Å². The van der Waals surface area contributed by atoms with Gasteiger partial charge in [0.1, 0.15) is 0 Å². The molecule has 1 atom stereocenters. The lowest BCUT2D eigenvalue weighted by Crippen LogP contribution is -2.32. The lowest BCUT2D eigenvalue weighted by Gasteiger charge is -2.16. The first kappa shape index (κ1) is 14.2. The number of hydrogen-bond acceptors (Lipinski definition) is 3. The smallest absolute Gasteiger partial charge is 0.160 e. The van der Waals surface area contributed by atoms with E-state index >= 15 is 0 Å². The maximum Gasteiger partial charge on any atom is 0.160 e. The van der Waals surface area contributed by atoms with E-state index in [1.807, 2.05) is 6.07 Å². The third kappa shape index (κ3) is 3.87. The molecule has 0 aromatic heterocycles. The summed E-state index contributed by atoms with van der Waals surface area (Å²) in [6, 6.07) is 6.87. The summed E-state index contributed by atoms with van der Waals surface area (Å²) in [5, 5.41) is 3.67. The summed E-state index contributed by atoms with van der Waals surface area (Å²) >= 11 is 0. The van der Waals surface area contributed by atoms with Gasteiger partial charge in [0, 0.05) is 6.04 Å². The molecule has 0 saturated heterocycles. The van der Waals surface area contributed by atoms with E-state index in [9.17, 15) is 0 Å². The Bertz CT molecular complexity index is 402. The fourth-order valence-corrected chi connectivity index (χ4v) is 2.58. The van der Waals surface area contributed by atoms with Crippen LogP contribution >= 0.6 is 0 Å². The lowest BCUT2D eigenvalue weighted by molar-refractivity contribution is 0.354. The molecule has 1 fully saturated rings. The van der Waals surface area contributed by atoms with Crippen LogP contribution in [-0.4, -0.2) is 26.8 Å². The Morgan fingerprint density at radius 1 is 1.21 bits per heavy atom. The second-order valence-electron chi connectivity index (χ2n) is 5.25. The zero-order valence-corrected chi connectivity index (χ0v) is 12.2. The molecule has 2 rings (SSSR count). The van der Waals surface area contributed by atoms with Gasteiger partial charge in [0.25, 0.3) is 0 Å². The molecule has 106 valence electrons. The fraction of sp³-hybridized carbons (Fsp3) is 0.625. The van der Waals surface area contributed by atoms with Gasteiger partial charge in [0.2, 0.25) is 0 Å². The van der Waals surface area contributed by atoms with Crippen molar-refractivity contribution < 1.29 is 9.47 Å². The highest BCUT2D eigenvalue weighted by Crippen LogP contribution is 2.34. The van der Waals surface area contributed by atoms with Crippen LogP contribution < -0.4 is 14.8 Å². The van der Waals surface area contributed by atoms with Crippen molar-refractivity contribution in [1.82, 2.24) is 5.32 Å². The minimum atomic E-state index is 0.708. The first-order valence-electron chi connectivity index (χ1n) is 7.22. The van der Waals surface area contributed by atoms with E-state index < -0.39 is 0 Å². The Morgan fingerprint density at radius 2 is 1.95 bits per heavy atom. The van der Waals surface area contributed by atoms with E-state index in [1.54, 1.807) is 14.2 Å². The van der Waals surface area contributed by atoms with E-state index in [0.717, 1.165) is 30.4 Å². The average molecular weight is 263 g/mol. The van der Waals surface area contributed by atoms with Crippen molar-refractivity contribution in [2.24, 2.45) is 5.92 Å². The quantitative estimate of drug-likeness (QED) is 0.782. The van der Waals surface area contributed by atoms with Gasteiger partial charge in [-0.3, -0.25) is 0 Å². The van der Waals surface area contributed by atoms with Crippen LogP contribution in [0.25, 0.3) is 0 Å². The average Bonchev–Trinajstić information content (AvgIpc) is 3.28. The summed E-state index contributed by atoms with van der Waals surface area (Å²) in [5.41, 5.74) is 1.29. The predicted molar refractivity (Wildman–Crippen MR) is 78.1 cm³/mol. The molecule has 1 N–H and O–H groups in total. The van der Waals surface area contributed by atoms with E-state index in [-0.39, 0.29) is 0 Å². The third-order valence-electron chi connectivity index (χ3n) is 3.90. The minimum absolute atomic E-state index is 0.708. The van der Waals surface area contributed by atoms with Crippen molar-refractivity contribution in [3.63, 3.8) is 0 Å². The molecule has 0 aliphatic heterocycles. The van der Waals surface area contributed by atoms with E-state index in [0.29, 0.717) is 6.04 Å². The fourth-order valence-electron chi connectivity index (χ4n) is 2.58. The molecule has 1 saturated carbocycles. The highest BCUT2D eigenvalue weighted by Gasteiger charge is 2.29. The van der Waals surface area contributed by atoms with Crippen LogP contribution in [0.2, 0.25) is 0 Å². The summed E-state index contributed by atoms with van der Waals surface area (Å²) in [5.74, 6) is 2.54. The van der Waals surface area contributed by atoms with E-state index in [4.69, 9.17) is 9.47 Å². The summed E-state index contributed by atoms with van der Waals surface area (Å²) in [6.07, 6.45) is 5.07. The maximum absolute atomic E-state index is 5.33. The second-order valence-corrected chi connectivity index (χ2v) is 5.25. The number of hydrogen-bond donors (Lipinski definition) is 1. The van der Waals surface area contributed by atoms with Crippen LogP contribution in [0.4, 0.5) is 0 Å². The molecular weight excluding hydrogens is 238 g/mol. The number of benzene rings is 1. The standard InChI is InChI=1S/C16H25NO2/c1-4-14(13-6-7-13)17-10-9-12-5-8-15(18-2)16(11-12)19-3/h5,8,11,13-14,17H,4,6-7,9-10H2,1-3H3. The van der Waals surface area contributed by atoms with Crippen LogP contribution in [-0.2, 0) is 6.42 Å². The van der Waals surface area contributed by atoms with Crippen molar-refractivity contribution in [2.75, 3.05) is 20.8 Å². The largest absolute Gasteiger partial charge is 0.493 e. The summed E-state index contributed by atoms with van der Waals surface area (Å²) in [4.78, 5) is 0. The zero-order valence-electron chi connectivity index (χ0n) is 12.2. The van der Waals surface area contributed by atoms with Gasteiger partial charge in [0.05, 0.1) is 14.2 Å². The number of methoxy groups -OCH3 is 2. The number of nitrogens with one attached hydrogen (secondary N) is 1. The normalized spacial score (nSPS) is 16.2. The molecule has 1 aromatic rings. The molecule has 1 aliphatic carbocycles. The first-order chi connectivity index (χ1) is 9.28. The van der Waals surface area contributed by atoms with Crippen molar-refractivity contribution in [2.45, 2.75) is 38.6 Å². The Hall–Kier alpha value is -1.22. The summed E-state index contributed by atoms with van der Waals surface area (Å²) < 4.78 is 10.6. The molecule has 0 heterocycles. The van der Waals surface area contributed by atoms with Gasteiger partial charge >= 0.3 is 0 Å². The molecular formula is C16H25NO2. The zero-order chi connectivity index (χ0) is 13.7. The van der Waals surface area contributed by atoms with Crippen molar-refractivity contribution in [3.8, 4) is 11.5 Å². The molecule has 0 bridgehead atoms. The van der Waals surface area contributed by atoms with Gasteiger partial charge in [-0.15, -0.1) is 0 Å². The number of rotatable bonds is 8. The van der Waals surface area contributed by atoms with Crippen LogP contribution in [0, 0.1) is 5.92 Å². The Kier molecular flexibility index (Phi) is 5.08. The van der Waals surface area contributed by atoms with Gasteiger partial charge in [0.15, 0.2) is 11.5 Å². The second kappa shape index (κ2) is 6.80. The molecule has 1 unspecified atom stereocenters. The molecule has 0 amide bonds. The Labute approximate surface area is 116 Å². The topological polar surface area (TPSA) is 30.5 Å². The number of ether oxygens (including phenoxy) is 2. The van der Waals surface area contributed by atoms with Gasteiger partial charge in [-0.25, -0.2) is 0 Å². The molecule has 3 heteroatoms.